The molecule has 0 aliphatic carbocycles. The van der Waals surface area contributed by atoms with E-state index in [1.165, 1.54) is 0 Å². The fourth-order valence-corrected chi connectivity index (χ4v) is 1.76. The van der Waals surface area contributed by atoms with Crippen molar-refractivity contribution in [3.8, 4) is 0 Å². The summed E-state index contributed by atoms with van der Waals surface area (Å²) >= 11 is 0. The minimum absolute atomic E-state index is 0.0249. The third-order valence-electron chi connectivity index (χ3n) is 2.66. The van der Waals surface area contributed by atoms with E-state index in [2.05, 4.69) is 23.8 Å². The molecule has 0 radical (unpaired) electrons. The Morgan fingerprint density at radius 2 is 2.06 bits per heavy atom. The molecule has 4 nitrogen and oxygen atoms in total. The lowest BCUT2D eigenvalue weighted by molar-refractivity contribution is -0.0210. The SMILES string of the molecule is CCOC(C)(C)c1ncc(CO)c(C(C)C)n1. The second-order valence-electron chi connectivity index (χ2n) is 4.86. The van der Waals surface area contributed by atoms with Gasteiger partial charge in [-0.3, -0.25) is 0 Å². The van der Waals surface area contributed by atoms with Gasteiger partial charge in [-0.1, -0.05) is 13.8 Å². The molecule has 0 aliphatic rings. The topological polar surface area (TPSA) is 55.2 Å². The lowest BCUT2D eigenvalue weighted by atomic mass is 10.0. The molecule has 0 saturated carbocycles. The number of rotatable bonds is 5. The van der Waals surface area contributed by atoms with Crippen LogP contribution in [0.15, 0.2) is 6.20 Å². The van der Waals surface area contributed by atoms with Gasteiger partial charge in [0, 0.05) is 18.4 Å². The predicted molar refractivity (Wildman–Crippen MR) is 66.7 cm³/mol. The van der Waals surface area contributed by atoms with Crippen LogP contribution in [0.5, 0.6) is 0 Å². The summed E-state index contributed by atoms with van der Waals surface area (Å²) in [5.41, 5.74) is 1.19. The van der Waals surface area contributed by atoms with E-state index in [0.717, 1.165) is 11.3 Å². The first-order valence-corrected chi connectivity index (χ1v) is 6.03. The smallest absolute Gasteiger partial charge is 0.159 e. The normalized spacial score (nSPS) is 12.2. The Balaban J connectivity index is 3.16. The van der Waals surface area contributed by atoms with Crippen LogP contribution in [0.3, 0.4) is 0 Å². The average molecular weight is 238 g/mol. The van der Waals surface area contributed by atoms with Crippen molar-refractivity contribution in [2.24, 2.45) is 0 Å². The third-order valence-corrected chi connectivity index (χ3v) is 2.66. The number of aliphatic hydroxyl groups is 1. The number of hydrogen-bond acceptors (Lipinski definition) is 4. The molecule has 96 valence electrons. The molecule has 17 heavy (non-hydrogen) atoms. The van der Waals surface area contributed by atoms with Gasteiger partial charge in [0.1, 0.15) is 5.60 Å². The van der Waals surface area contributed by atoms with E-state index in [-0.39, 0.29) is 12.5 Å². The summed E-state index contributed by atoms with van der Waals surface area (Å²) in [4.78, 5) is 8.82. The van der Waals surface area contributed by atoms with Crippen molar-refractivity contribution in [1.82, 2.24) is 9.97 Å². The number of ether oxygens (including phenoxy) is 1. The summed E-state index contributed by atoms with van der Waals surface area (Å²) < 4.78 is 5.64. The van der Waals surface area contributed by atoms with Crippen molar-refractivity contribution in [3.05, 3.63) is 23.3 Å². The first-order chi connectivity index (χ1) is 7.92. The third kappa shape index (κ3) is 3.23. The predicted octanol–water partition coefficient (Wildman–Crippen LogP) is 2.36. The highest BCUT2D eigenvalue weighted by Crippen LogP contribution is 2.24. The molecule has 0 amide bonds. The lowest BCUT2D eigenvalue weighted by Gasteiger charge is -2.24. The molecule has 1 heterocycles. The van der Waals surface area contributed by atoms with Crippen molar-refractivity contribution in [1.29, 1.82) is 0 Å². The van der Waals surface area contributed by atoms with Crippen LogP contribution in [0.2, 0.25) is 0 Å². The molecule has 0 aromatic carbocycles. The van der Waals surface area contributed by atoms with E-state index >= 15 is 0 Å². The number of aliphatic hydroxyl groups excluding tert-OH is 1. The van der Waals surface area contributed by atoms with Crippen molar-refractivity contribution >= 4 is 0 Å². The zero-order chi connectivity index (χ0) is 13.1. The Hall–Kier alpha value is -1.00. The van der Waals surface area contributed by atoms with Gasteiger partial charge in [0.2, 0.25) is 0 Å². The van der Waals surface area contributed by atoms with Gasteiger partial charge in [0.25, 0.3) is 0 Å². The van der Waals surface area contributed by atoms with Crippen LogP contribution < -0.4 is 0 Å². The quantitative estimate of drug-likeness (QED) is 0.855. The number of aromatic nitrogens is 2. The highest BCUT2D eigenvalue weighted by molar-refractivity contribution is 5.21. The highest BCUT2D eigenvalue weighted by atomic mass is 16.5. The fraction of sp³-hybridized carbons (Fsp3) is 0.692. The fourth-order valence-electron chi connectivity index (χ4n) is 1.76. The van der Waals surface area contributed by atoms with Crippen LogP contribution in [0.4, 0.5) is 0 Å². The Labute approximate surface area is 103 Å². The summed E-state index contributed by atoms with van der Waals surface area (Å²) in [5, 5.41) is 9.25. The monoisotopic (exact) mass is 238 g/mol. The molecule has 0 unspecified atom stereocenters. The summed E-state index contributed by atoms with van der Waals surface area (Å²) in [6.45, 7) is 10.6. The molecular formula is C13H22N2O2. The summed E-state index contributed by atoms with van der Waals surface area (Å²) in [6.07, 6.45) is 1.69. The lowest BCUT2D eigenvalue weighted by Crippen LogP contribution is -2.25. The second-order valence-corrected chi connectivity index (χ2v) is 4.86. The van der Waals surface area contributed by atoms with Crippen molar-refractivity contribution in [2.75, 3.05) is 6.61 Å². The first kappa shape index (κ1) is 14.1. The van der Waals surface area contributed by atoms with Crippen LogP contribution in [0.25, 0.3) is 0 Å². The Kier molecular flexibility index (Phi) is 4.60. The summed E-state index contributed by atoms with van der Waals surface area (Å²) in [6, 6.07) is 0. The van der Waals surface area contributed by atoms with Gasteiger partial charge in [0.15, 0.2) is 5.82 Å². The standard InChI is InChI=1S/C13H22N2O2/c1-6-17-13(4,5)12-14-7-10(8-16)11(15-12)9(2)3/h7,9,16H,6,8H2,1-5H3. The molecule has 1 rings (SSSR count). The first-order valence-electron chi connectivity index (χ1n) is 6.03. The summed E-state index contributed by atoms with van der Waals surface area (Å²) in [7, 11) is 0. The molecule has 0 bridgehead atoms. The molecule has 1 aromatic heterocycles. The Bertz CT molecular complexity index is 376. The molecule has 0 saturated heterocycles. The van der Waals surface area contributed by atoms with E-state index in [1.54, 1.807) is 6.20 Å². The molecule has 0 aliphatic heterocycles. The minimum atomic E-state index is -0.494. The molecule has 0 atom stereocenters. The van der Waals surface area contributed by atoms with Crippen LogP contribution in [0.1, 0.15) is 57.6 Å². The molecule has 1 N–H and O–H groups in total. The van der Waals surface area contributed by atoms with Gasteiger partial charge < -0.3 is 9.84 Å². The van der Waals surface area contributed by atoms with Gasteiger partial charge in [-0.15, -0.1) is 0 Å². The van der Waals surface area contributed by atoms with Crippen LogP contribution in [0, 0.1) is 0 Å². The average Bonchev–Trinajstić information content (AvgIpc) is 2.28. The highest BCUT2D eigenvalue weighted by Gasteiger charge is 2.25. The van der Waals surface area contributed by atoms with E-state index in [9.17, 15) is 5.11 Å². The van der Waals surface area contributed by atoms with Crippen LogP contribution in [-0.4, -0.2) is 21.7 Å². The molecule has 4 heteroatoms. The maximum atomic E-state index is 9.25. The number of hydrogen-bond donors (Lipinski definition) is 1. The van der Waals surface area contributed by atoms with Gasteiger partial charge in [-0.05, 0) is 26.7 Å². The van der Waals surface area contributed by atoms with E-state index in [4.69, 9.17) is 4.74 Å². The zero-order valence-electron chi connectivity index (χ0n) is 11.3. The molecule has 1 aromatic rings. The zero-order valence-corrected chi connectivity index (χ0v) is 11.3. The molecule has 0 spiro atoms. The minimum Gasteiger partial charge on any atom is -0.392 e. The van der Waals surface area contributed by atoms with Crippen LogP contribution >= 0.6 is 0 Å². The Morgan fingerprint density at radius 1 is 1.41 bits per heavy atom. The second kappa shape index (κ2) is 5.56. The molecule has 0 fully saturated rings. The van der Waals surface area contributed by atoms with Gasteiger partial charge in [-0.2, -0.15) is 0 Å². The largest absolute Gasteiger partial charge is 0.392 e. The summed E-state index contributed by atoms with van der Waals surface area (Å²) in [5.74, 6) is 0.927. The van der Waals surface area contributed by atoms with E-state index in [0.29, 0.717) is 12.4 Å². The van der Waals surface area contributed by atoms with Crippen molar-refractivity contribution < 1.29 is 9.84 Å². The maximum absolute atomic E-state index is 9.25. The van der Waals surface area contributed by atoms with Gasteiger partial charge in [0.05, 0.1) is 12.3 Å². The van der Waals surface area contributed by atoms with Gasteiger partial charge >= 0.3 is 0 Å². The molecular weight excluding hydrogens is 216 g/mol. The van der Waals surface area contributed by atoms with Crippen molar-refractivity contribution in [2.45, 2.75) is 52.7 Å². The van der Waals surface area contributed by atoms with Crippen LogP contribution in [-0.2, 0) is 16.9 Å². The Morgan fingerprint density at radius 3 is 2.53 bits per heavy atom. The van der Waals surface area contributed by atoms with E-state index in [1.807, 2.05) is 20.8 Å². The maximum Gasteiger partial charge on any atom is 0.159 e. The van der Waals surface area contributed by atoms with Gasteiger partial charge in [-0.25, -0.2) is 9.97 Å². The van der Waals surface area contributed by atoms with E-state index < -0.39 is 5.60 Å². The number of nitrogens with zero attached hydrogens (tertiary/aromatic N) is 2. The van der Waals surface area contributed by atoms with Crippen molar-refractivity contribution in [3.63, 3.8) is 0 Å².